The third-order valence-corrected chi connectivity index (χ3v) is 2.88. The van der Waals surface area contributed by atoms with Gasteiger partial charge in [-0.1, -0.05) is 11.6 Å². The first-order valence-corrected chi connectivity index (χ1v) is 6.16. The Morgan fingerprint density at radius 2 is 2.22 bits per heavy atom. The van der Waals surface area contributed by atoms with E-state index in [0.29, 0.717) is 5.02 Å². The molecular weight excluding hydrogens is 250 g/mol. The predicted molar refractivity (Wildman–Crippen MR) is 73.9 cm³/mol. The Kier molecular flexibility index (Phi) is 3.77. The molecule has 0 bridgehead atoms. The molecule has 5 heteroatoms. The number of hydrogen-bond acceptors (Lipinski definition) is 3. The van der Waals surface area contributed by atoms with Crippen LogP contribution in [0.2, 0.25) is 5.02 Å². The van der Waals surface area contributed by atoms with Crippen molar-refractivity contribution < 1.29 is 4.74 Å². The van der Waals surface area contributed by atoms with Gasteiger partial charge in [-0.25, -0.2) is 4.98 Å². The first-order valence-electron chi connectivity index (χ1n) is 5.78. The summed E-state index contributed by atoms with van der Waals surface area (Å²) in [5.41, 5.74) is 1.78. The fourth-order valence-electron chi connectivity index (χ4n) is 1.79. The van der Waals surface area contributed by atoms with E-state index >= 15 is 0 Å². The Bertz CT molecular complexity index is 551. The van der Waals surface area contributed by atoms with Crippen LogP contribution < -0.4 is 10.1 Å². The molecule has 0 aliphatic heterocycles. The number of aromatic nitrogens is 2. The van der Waals surface area contributed by atoms with Crippen LogP contribution >= 0.6 is 11.6 Å². The maximum Gasteiger partial charge on any atom is 0.207 e. The largest absolute Gasteiger partial charge is 0.495 e. The third-order valence-electron chi connectivity index (χ3n) is 2.65. The topological polar surface area (TPSA) is 39.1 Å². The molecule has 0 aliphatic carbocycles. The molecule has 0 aliphatic rings. The highest BCUT2D eigenvalue weighted by molar-refractivity contribution is 6.30. The molecule has 1 heterocycles. The van der Waals surface area contributed by atoms with Crippen LogP contribution in [0.5, 0.6) is 5.75 Å². The van der Waals surface area contributed by atoms with Crippen LogP contribution in [0.4, 0.5) is 11.6 Å². The van der Waals surface area contributed by atoms with E-state index in [2.05, 4.69) is 17.2 Å². The van der Waals surface area contributed by atoms with Crippen LogP contribution in [0.15, 0.2) is 24.4 Å². The van der Waals surface area contributed by atoms with Crippen molar-refractivity contribution in [3.63, 3.8) is 0 Å². The quantitative estimate of drug-likeness (QED) is 0.918. The molecule has 0 saturated carbocycles. The van der Waals surface area contributed by atoms with Crippen molar-refractivity contribution >= 4 is 23.2 Å². The van der Waals surface area contributed by atoms with Crippen LogP contribution in [0, 0.1) is 6.92 Å². The van der Waals surface area contributed by atoms with Gasteiger partial charge in [-0.05, 0) is 32.0 Å². The second-order valence-electron chi connectivity index (χ2n) is 3.96. The number of hydrogen-bond donors (Lipinski definition) is 1. The SMILES string of the molecule is CCn1cc(C)nc1Nc1cc(Cl)ccc1OC. The summed E-state index contributed by atoms with van der Waals surface area (Å²) in [6.45, 7) is 4.89. The molecule has 1 aromatic heterocycles. The number of ether oxygens (including phenoxy) is 1. The molecule has 0 saturated heterocycles. The highest BCUT2D eigenvalue weighted by Crippen LogP contribution is 2.30. The van der Waals surface area contributed by atoms with Crippen molar-refractivity contribution in [2.75, 3.05) is 12.4 Å². The highest BCUT2D eigenvalue weighted by Gasteiger charge is 2.08. The Morgan fingerprint density at radius 1 is 1.44 bits per heavy atom. The van der Waals surface area contributed by atoms with E-state index in [0.717, 1.165) is 29.6 Å². The van der Waals surface area contributed by atoms with Gasteiger partial charge in [0.2, 0.25) is 5.95 Å². The van der Waals surface area contributed by atoms with E-state index in [4.69, 9.17) is 16.3 Å². The number of nitrogens with one attached hydrogen (secondary N) is 1. The standard InChI is InChI=1S/C13H16ClN3O/c1-4-17-8-9(2)15-13(17)16-11-7-10(14)5-6-12(11)18-3/h5-8H,4H2,1-3H3,(H,15,16). The molecule has 1 N–H and O–H groups in total. The number of anilines is 2. The highest BCUT2D eigenvalue weighted by atomic mass is 35.5. The van der Waals surface area contributed by atoms with Crippen molar-refractivity contribution in [3.8, 4) is 5.75 Å². The molecule has 2 rings (SSSR count). The van der Waals surface area contributed by atoms with Gasteiger partial charge in [0.25, 0.3) is 0 Å². The molecule has 0 radical (unpaired) electrons. The molecule has 0 atom stereocenters. The fourth-order valence-corrected chi connectivity index (χ4v) is 1.96. The zero-order valence-corrected chi connectivity index (χ0v) is 11.5. The van der Waals surface area contributed by atoms with Crippen LogP contribution in [-0.2, 0) is 6.54 Å². The van der Waals surface area contributed by atoms with Crippen LogP contribution in [0.25, 0.3) is 0 Å². The van der Waals surface area contributed by atoms with E-state index in [-0.39, 0.29) is 0 Å². The summed E-state index contributed by atoms with van der Waals surface area (Å²) in [5.74, 6) is 1.53. The number of halogens is 1. The zero-order chi connectivity index (χ0) is 13.1. The predicted octanol–water partition coefficient (Wildman–Crippen LogP) is 3.62. The van der Waals surface area contributed by atoms with E-state index in [1.54, 1.807) is 13.2 Å². The molecule has 0 unspecified atom stereocenters. The maximum atomic E-state index is 6.00. The van der Waals surface area contributed by atoms with E-state index in [1.807, 2.05) is 29.8 Å². The smallest absolute Gasteiger partial charge is 0.207 e. The third kappa shape index (κ3) is 2.59. The summed E-state index contributed by atoms with van der Waals surface area (Å²) in [7, 11) is 1.63. The molecular formula is C13H16ClN3O. The van der Waals surface area contributed by atoms with E-state index in [9.17, 15) is 0 Å². The van der Waals surface area contributed by atoms with E-state index in [1.165, 1.54) is 0 Å². The lowest BCUT2D eigenvalue weighted by molar-refractivity contribution is 0.416. The normalized spacial score (nSPS) is 10.4. The van der Waals surface area contributed by atoms with Gasteiger partial charge in [0.1, 0.15) is 5.75 Å². The van der Waals surface area contributed by atoms with Gasteiger partial charge in [-0.3, -0.25) is 0 Å². The number of imidazole rings is 1. The molecule has 0 fully saturated rings. The van der Waals surface area contributed by atoms with Gasteiger partial charge >= 0.3 is 0 Å². The van der Waals surface area contributed by atoms with Gasteiger partial charge < -0.3 is 14.6 Å². The summed E-state index contributed by atoms with van der Waals surface area (Å²) in [4.78, 5) is 4.44. The Labute approximate surface area is 112 Å². The minimum Gasteiger partial charge on any atom is -0.495 e. The van der Waals surface area contributed by atoms with Crippen LogP contribution in [0.3, 0.4) is 0 Å². The first-order chi connectivity index (χ1) is 8.63. The molecule has 2 aromatic rings. The minimum absolute atomic E-state index is 0.657. The van der Waals surface area contributed by atoms with Crippen molar-refractivity contribution in [1.29, 1.82) is 0 Å². The lowest BCUT2D eigenvalue weighted by Crippen LogP contribution is -2.02. The average Bonchev–Trinajstić information content (AvgIpc) is 2.70. The summed E-state index contributed by atoms with van der Waals surface area (Å²) in [5, 5.41) is 3.90. The molecule has 4 nitrogen and oxygen atoms in total. The number of rotatable bonds is 4. The second kappa shape index (κ2) is 5.31. The van der Waals surface area contributed by atoms with Crippen molar-refractivity contribution in [2.45, 2.75) is 20.4 Å². The first kappa shape index (κ1) is 12.8. The van der Waals surface area contributed by atoms with Crippen molar-refractivity contribution in [3.05, 3.63) is 35.1 Å². The molecule has 0 amide bonds. The fraction of sp³-hybridized carbons (Fsp3) is 0.308. The minimum atomic E-state index is 0.657. The summed E-state index contributed by atoms with van der Waals surface area (Å²) in [6, 6.07) is 5.45. The lowest BCUT2D eigenvalue weighted by Gasteiger charge is -2.11. The van der Waals surface area contributed by atoms with Gasteiger partial charge in [0, 0.05) is 17.8 Å². The number of aryl methyl sites for hydroxylation is 2. The zero-order valence-electron chi connectivity index (χ0n) is 10.7. The van der Waals surface area contributed by atoms with Gasteiger partial charge in [0.05, 0.1) is 18.5 Å². The van der Waals surface area contributed by atoms with Crippen molar-refractivity contribution in [2.24, 2.45) is 0 Å². The lowest BCUT2D eigenvalue weighted by atomic mass is 10.3. The Hall–Kier alpha value is -1.68. The van der Waals surface area contributed by atoms with Crippen molar-refractivity contribution in [1.82, 2.24) is 9.55 Å². The average molecular weight is 266 g/mol. The summed E-state index contributed by atoms with van der Waals surface area (Å²) in [6.07, 6.45) is 2.00. The van der Waals surface area contributed by atoms with Crippen LogP contribution in [0.1, 0.15) is 12.6 Å². The molecule has 0 spiro atoms. The van der Waals surface area contributed by atoms with Gasteiger partial charge in [-0.2, -0.15) is 0 Å². The molecule has 96 valence electrons. The van der Waals surface area contributed by atoms with Crippen LogP contribution in [-0.4, -0.2) is 16.7 Å². The second-order valence-corrected chi connectivity index (χ2v) is 4.40. The summed E-state index contributed by atoms with van der Waals surface area (Å²) < 4.78 is 7.33. The van der Waals surface area contributed by atoms with Gasteiger partial charge in [-0.15, -0.1) is 0 Å². The Morgan fingerprint density at radius 3 is 2.89 bits per heavy atom. The number of benzene rings is 1. The monoisotopic (exact) mass is 265 g/mol. The number of nitrogens with zero attached hydrogens (tertiary/aromatic N) is 2. The Balaban J connectivity index is 2.35. The van der Waals surface area contributed by atoms with Gasteiger partial charge in [0.15, 0.2) is 0 Å². The maximum absolute atomic E-state index is 6.00. The molecule has 18 heavy (non-hydrogen) atoms. The molecule has 1 aromatic carbocycles. The number of methoxy groups -OCH3 is 1. The summed E-state index contributed by atoms with van der Waals surface area (Å²) >= 11 is 6.00. The van der Waals surface area contributed by atoms with E-state index < -0.39 is 0 Å².